The molecule has 0 aliphatic rings. The van der Waals surface area contributed by atoms with Crippen LogP contribution in [0.15, 0.2) is 23.6 Å². The van der Waals surface area contributed by atoms with Crippen LogP contribution in [0.4, 0.5) is 10.7 Å². The fraction of sp³-hybridized carbons (Fsp3) is 0.353. The first-order valence-electron chi connectivity index (χ1n) is 7.45. The highest BCUT2D eigenvalue weighted by Gasteiger charge is 2.18. The average Bonchev–Trinajstić information content (AvgIpc) is 2.84. The Hall–Kier alpha value is -2.01. The highest BCUT2D eigenvalue weighted by atomic mass is 32.1. The van der Waals surface area contributed by atoms with Crippen LogP contribution in [-0.4, -0.2) is 17.6 Å². The normalized spacial score (nSPS) is 10.5. The first kappa shape index (κ1) is 16.4. The molecule has 22 heavy (non-hydrogen) atoms. The highest BCUT2D eigenvalue weighted by molar-refractivity contribution is 7.15. The van der Waals surface area contributed by atoms with E-state index in [2.05, 4.69) is 24.5 Å². The third kappa shape index (κ3) is 3.80. The van der Waals surface area contributed by atoms with Crippen molar-refractivity contribution in [1.82, 2.24) is 5.32 Å². The maximum absolute atomic E-state index is 12.2. The number of unbranched alkanes of at least 4 members (excludes halogenated alkanes) is 1. The summed E-state index contributed by atoms with van der Waals surface area (Å²) in [6, 6.07) is 6.04. The Bertz CT molecular complexity index is 665. The van der Waals surface area contributed by atoms with Gasteiger partial charge in [-0.15, -0.1) is 11.3 Å². The van der Waals surface area contributed by atoms with Crippen molar-refractivity contribution < 1.29 is 9.90 Å². The molecule has 0 unspecified atom stereocenters. The van der Waals surface area contributed by atoms with Gasteiger partial charge >= 0.3 is 0 Å². The quantitative estimate of drug-likeness (QED) is 0.694. The lowest BCUT2D eigenvalue weighted by atomic mass is 10.1. The van der Waals surface area contributed by atoms with Crippen LogP contribution in [0.1, 0.15) is 41.3 Å². The number of carbonyl (C=O) groups is 1. The Morgan fingerprint density at radius 2 is 2.05 bits per heavy atom. The van der Waals surface area contributed by atoms with Gasteiger partial charge in [-0.2, -0.15) is 0 Å². The second-order valence-electron chi connectivity index (χ2n) is 5.36. The van der Waals surface area contributed by atoms with E-state index in [0.717, 1.165) is 18.5 Å². The van der Waals surface area contributed by atoms with Crippen LogP contribution in [0.5, 0.6) is 5.75 Å². The molecular weight excluding hydrogens is 296 g/mol. The summed E-state index contributed by atoms with van der Waals surface area (Å²) in [5, 5.41) is 18.3. The van der Waals surface area contributed by atoms with E-state index in [4.69, 9.17) is 0 Å². The number of nitrogens with one attached hydrogen (secondary N) is 2. The zero-order valence-corrected chi connectivity index (χ0v) is 14.0. The van der Waals surface area contributed by atoms with Crippen molar-refractivity contribution in [3.8, 4) is 5.75 Å². The minimum Gasteiger partial charge on any atom is -0.506 e. The van der Waals surface area contributed by atoms with E-state index >= 15 is 0 Å². The molecule has 4 nitrogen and oxygen atoms in total. The van der Waals surface area contributed by atoms with Crippen molar-refractivity contribution >= 4 is 27.9 Å². The van der Waals surface area contributed by atoms with Crippen molar-refractivity contribution in [2.24, 2.45) is 0 Å². The predicted molar refractivity (Wildman–Crippen MR) is 92.4 cm³/mol. The average molecular weight is 318 g/mol. The lowest BCUT2D eigenvalue weighted by molar-refractivity contribution is 0.0952. The van der Waals surface area contributed by atoms with E-state index in [9.17, 15) is 9.90 Å². The molecule has 0 saturated heterocycles. The topological polar surface area (TPSA) is 61.4 Å². The molecule has 0 spiro atoms. The Morgan fingerprint density at radius 1 is 1.27 bits per heavy atom. The molecule has 118 valence electrons. The summed E-state index contributed by atoms with van der Waals surface area (Å²) in [6.07, 6.45) is 1.94. The zero-order valence-electron chi connectivity index (χ0n) is 13.2. The SMILES string of the molecule is CCCCNC(=O)c1c(O)csc1Nc1ccc(C)c(C)c1. The molecule has 3 N–H and O–H groups in total. The van der Waals surface area contributed by atoms with E-state index in [1.54, 1.807) is 5.38 Å². The van der Waals surface area contributed by atoms with Gasteiger partial charge in [0.05, 0.1) is 0 Å². The fourth-order valence-electron chi connectivity index (χ4n) is 2.08. The first-order chi connectivity index (χ1) is 10.5. The lowest BCUT2D eigenvalue weighted by Gasteiger charge is -2.10. The predicted octanol–water partition coefficient (Wildman–Crippen LogP) is 4.34. The van der Waals surface area contributed by atoms with Gasteiger partial charge in [-0.05, 0) is 43.5 Å². The van der Waals surface area contributed by atoms with E-state index in [0.29, 0.717) is 17.1 Å². The monoisotopic (exact) mass is 318 g/mol. The molecule has 0 aliphatic carbocycles. The Kier molecular flexibility index (Phi) is 5.44. The fourth-order valence-corrected chi connectivity index (χ4v) is 2.92. The third-order valence-electron chi connectivity index (χ3n) is 3.58. The van der Waals surface area contributed by atoms with Crippen LogP contribution in [0, 0.1) is 13.8 Å². The van der Waals surface area contributed by atoms with Gasteiger partial charge in [-0.3, -0.25) is 4.79 Å². The van der Waals surface area contributed by atoms with Crippen LogP contribution < -0.4 is 10.6 Å². The number of anilines is 2. The van der Waals surface area contributed by atoms with Gasteiger partial charge < -0.3 is 15.7 Å². The molecule has 0 aliphatic heterocycles. The molecule has 1 heterocycles. The van der Waals surface area contributed by atoms with Crippen molar-refractivity contribution in [2.45, 2.75) is 33.6 Å². The maximum atomic E-state index is 12.2. The van der Waals surface area contributed by atoms with Gasteiger partial charge in [0.25, 0.3) is 5.91 Å². The van der Waals surface area contributed by atoms with Gasteiger partial charge in [0.1, 0.15) is 16.3 Å². The number of amides is 1. The molecule has 5 heteroatoms. The Balaban J connectivity index is 2.18. The van der Waals surface area contributed by atoms with Gasteiger partial charge in [0.15, 0.2) is 0 Å². The number of aryl methyl sites for hydroxylation is 2. The van der Waals surface area contributed by atoms with Gasteiger partial charge in [-0.25, -0.2) is 0 Å². The number of hydrogen-bond donors (Lipinski definition) is 3. The van der Waals surface area contributed by atoms with Crippen molar-refractivity contribution in [3.05, 3.63) is 40.3 Å². The molecule has 0 saturated carbocycles. The largest absolute Gasteiger partial charge is 0.506 e. The number of carbonyl (C=O) groups excluding carboxylic acids is 1. The molecule has 0 atom stereocenters. The highest BCUT2D eigenvalue weighted by Crippen LogP contribution is 2.35. The number of aromatic hydroxyl groups is 1. The van der Waals surface area contributed by atoms with Crippen LogP contribution in [0.2, 0.25) is 0 Å². The molecule has 2 rings (SSSR count). The number of rotatable bonds is 6. The van der Waals surface area contributed by atoms with Crippen molar-refractivity contribution in [2.75, 3.05) is 11.9 Å². The molecule has 0 fully saturated rings. The van der Waals surface area contributed by atoms with Crippen molar-refractivity contribution in [1.29, 1.82) is 0 Å². The smallest absolute Gasteiger partial charge is 0.258 e. The van der Waals surface area contributed by atoms with Crippen LogP contribution >= 0.6 is 11.3 Å². The maximum Gasteiger partial charge on any atom is 0.258 e. The standard InChI is InChI=1S/C17H22N2O2S/c1-4-5-8-18-16(21)15-14(20)10-22-17(15)19-13-7-6-11(2)12(3)9-13/h6-7,9-10,19-20H,4-5,8H2,1-3H3,(H,18,21). The summed E-state index contributed by atoms with van der Waals surface area (Å²) in [4.78, 5) is 12.2. The number of hydrogen-bond acceptors (Lipinski definition) is 4. The Morgan fingerprint density at radius 3 is 2.73 bits per heavy atom. The molecule has 0 radical (unpaired) electrons. The molecule has 1 aromatic carbocycles. The van der Waals surface area contributed by atoms with E-state index in [-0.39, 0.29) is 11.7 Å². The summed E-state index contributed by atoms with van der Waals surface area (Å²) < 4.78 is 0. The van der Waals surface area contributed by atoms with E-state index in [1.165, 1.54) is 22.5 Å². The zero-order chi connectivity index (χ0) is 16.1. The van der Waals surface area contributed by atoms with E-state index < -0.39 is 0 Å². The third-order valence-corrected chi connectivity index (χ3v) is 4.46. The van der Waals surface area contributed by atoms with Crippen LogP contribution in [0.3, 0.4) is 0 Å². The molecular formula is C17H22N2O2S. The summed E-state index contributed by atoms with van der Waals surface area (Å²) in [5.74, 6) is -0.219. The molecule has 1 amide bonds. The van der Waals surface area contributed by atoms with Gasteiger partial charge in [0, 0.05) is 17.6 Å². The minimum atomic E-state index is -0.237. The molecule has 1 aromatic heterocycles. The number of benzene rings is 1. The number of thiophene rings is 1. The molecule has 2 aromatic rings. The van der Waals surface area contributed by atoms with E-state index in [1.807, 2.05) is 25.1 Å². The summed E-state index contributed by atoms with van der Waals surface area (Å²) in [5.41, 5.74) is 3.63. The lowest BCUT2D eigenvalue weighted by Crippen LogP contribution is -2.24. The second kappa shape index (κ2) is 7.31. The Labute approximate surface area is 135 Å². The van der Waals surface area contributed by atoms with Crippen LogP contribution in [-0.2, 0) is 0 Å². The molecule has 0 bridgehead atoms. The minimum absolute atomic E-state index is 0.0188. The summed E-state index contributed by atoms with van der Waals surface area (Å²) in [7, 11) is 0. The van der Waals surface area contributed by atoms with Gasteiger partial charge in [0.2, 0.25) is 0 Å². The summed E-state index contributed by atoms with van der Waals surface area (Å²) >= 11 is 1.33. The summed E-state index contributed by atoms with van der Waals surface area (Å²) in [6.45, 7) is 6.79. The second-order valence-corrected chi connectivity index (χ2v) is 6.24. The first-order valence-corrected chi connectivity index (χ1v) is 8.33. The van der Waals surface area contributed by atoms with Crippen molar-refractivity contribution in [3.63, 3.8) is 0 Å². The van der Waals surface area contributed by atoms with Crippen LogP contribution in [0.25, 0.3) is 0 Å². The van der Waals surface area contributed by atoms with Gasteiger partial charge in [-0.1, -0.05) is 19.4 Å².